The summed E-state index contributed by atoms with van der Waals surface area (Å²) in [6, 6.07) is 15.6. The monoisotopic (exact) mass is 422 g/mol. The van der Waals surface area contributed by atoms with Gasteiger partial charge >= 0.3 is 0 Å². The highest BCUT2D eigenvalue weighted by Crippen LogP contribution is 2.25. The SMILES string of the molecule is N#Cc1c(-c2ccccc2)nc(NN=Cc2ccc(OCC(N)=O)c(Cl)c2)[nH]c1=O. The van der Waals surface area contributed by atoms with Crippen LogP contribution in [-0.2, 0) is 4.79 Å². The number of rotatable bonds is 7. The summed E-state index contributed by atoms with van der Waals surface area (Å²) in [5.41, 5.74) is 8.49. The lowest BCUT2D eigenvalue weighted by atomic mass is 10.1. The molecular formula is C20H15ClN6O3. The molecule has 0 aliphatic carbocycles. The van der Waals surface area contributed by atoms with Crippen LogP contribution in [0.25, 0.3) is 11.3 Å². The Bertz CT molecular complexity index is 1200. The smallest absolute Gasteiger partial charge is 0.270 e. The number of halogens is 1. The number of nitrogens with one attached hydrogen (secondary N) is 2. The van der Waals surface area contributed by atoms with Crippen LogP contribution in [0.2, 0.25) is 5.02 Å². The van der Waals surface area contributed by atoms with Crippen LogP contribution < -0.4 is 21.5 Å². The Morgan fingerprint density at radius 3 is 2.77 bits per heavy atom. The van der Waals surface area contributed by atoms with Crippen LogP contribution in [0.3, 0.4) is 0 Å². The molecule has 0 saturated carbocycles. The molecule has 1 heterocycles. The van der Waals surface area contributed by atoms with Gasteiger partial charge in [-0.1, -0.05) is 41.9 Å². The molecular weight excluding hydrogens is 408 g/mol. The van der Waals surface area contributed by atoms with Gasteiger partial charge in [-0.05, 0) is 23.8 Å². The molecule has 0 saturated heterocycles. The van der Waals surface area contributed by atoms with Crippen molar-refractivity contribution in [1.29, 1.82) is 5.26 Å². The number of nitrogens with two attached hydrogens (primary N) is 1. The molecule has 30 heavy (non-hydrogen) atoms. The number of hydrogen-bond donors (Lipinski definition) is 3. The summed E-state index contributed by atoms with van der Waals surface area (Å²) in [6.07, 6.45) is 1.45. The number of carbonyl (C=O) groups excluding carboxylic acids is 1. The van der Waals surface area contributed by atoms with E-state index in [0.29, 0.717) is 16.9 Å². The number of aromatic nitrogens is 2. The second kappa shape index (κ2) is 9.36. The Morgan fingerprint density at radius 1 is 1.33 bits per heavy atom. The van der Waals surface area contributed by atoms with Gasteiger partial charge in [0, 0.05) is 5.56 Å². The van der Waals surface area contributed by atoms with Gasteiger partial charge in [-0.25, -0.2) is 10.4 Å². The van der Waals surface area contributed by atoms with Gasteiger partial charge < -0.3 is 10.5 Å². The number of anilines is 1. The summed E-state index contributed by atoms with van der Waals surface area (Å²) in [5.74, 6) is -0.229. The molecule has 2 aromatic carbocycles. The van der Waals surface area contributed by atoms with Gasteiger partial charge in [-0.15, -0.1) is 0 Å². The fourth-order valence-electron chi connectivity index (χ4n) is 2.47. The summed E-state index contributed by atoms with van der Waals surface area (Å²) < 4.78 is 5.17. The maximum Gasteiger partial charge on any atom is 0.270 e. The molecule has 3 aromatic rings. The Morgan fingerprint density at radius 2 is 2.10 bits per heavy atom. The highest BCUT2D eigenvalue weighted by Gasteiger charge is 2.12. The molecule has 0 unspecified atom stereocenters. The molecule has 10 heteroatoms. The number of primary amides is 1. The van der Waals surface area contributed by atoms with Crippen molar-refractivity contribution in [2.24, 2.45) is 10.8 Å². The lowest BCUT2D eigenvalue weighted by molar-refractivity contribution is -0.119. The standard InChI is InChI=1S/C20H15ClN6O3/c21-15-8-12(6-7-16(15)30-11-17(23)28)10-24-27-20-25-18(13-4-2-1-3-5-13)14(9-22)19(29)26-20/h1-8,10H,11H2,(H2,23,28)(H2,25,26,27,29). The Kier molecular flexibility index (Phi) is 6.42. The van der Waals surface area contributed by atoms with E-state index in [1.807, 2.05) is 12.1 Å². The molecule has 4 N–H and O–H groups in total. The van der Waals surface area contributed by atoms with Crippen LogP contribution in [0, 0.1) is 11.3 Å². The summed E-state index contributed by atoms with van der Waals surface area (Å²) in [7, 11) is 0. The first-order chi connectivity index (χ1) is 14.5. The van der Waals surface area contributed by atoms with Gasteiger partial charge in [0.1, 0.15) is 17.4 Å². The second-order valence-electron chi connectivity index (χ2n) is 5.93. The summed E-state index contributed by atoms with van der Waals surface area (Å²) >= 11 is 6.10. The summed E-state index contributed by atoms with van der Waals surface area (Å²) in [6.45, 7) is -0.282. The van der Waals surface area contributed by atoms with E-state index in [9.17, 15) is 14.9 Å². The third-order valence-electron chi connectivity index (χ3n) is 3.79. The lowest BCUT2D eigenvalue weighted by Gasteiger charge is -2.07. The molecule has 150 valence electrons. The van der Waals surface area contributed by atoms with E-state index in [1.165, 1.54) is 6.21 Å². The second-order valence-corrected chi connectivity index (χ2v) is 6.34. The lowest BCUT2D eigenvalue weighted by Crippen LogP contribution is -2.20. The number of hydrogen-bond acceptors (Lipinski definition) is 7. The molecule has 1 aromatic heterocycles. The van der Waals surface area contributed by atoms with E-state index >= 15 is 0 Å². The van der Waals surface area contributed by atoms with Crippen molar-refractivity contribution in [3.05, 3.63) is 75.0 Å². The molecule has 9 nitrogen and oxygen atoms in total. The van der Waals surface area contributed by atoms with Gasteiger partial charge in [0.25, 0.3) is 11.5 Å². The average Bonchev–Trinajstić information content (AvgIpc) is 2.73. The van der Waals surface area contributed by atoms with Crippen LogP contribution in [0.5, 0.6) is 5.75 Å². The van der Waals surface area contributed by atoms with Crippen molar-refractivity contribution in [3.8, 4) is 23.1 Å². The molecule has 0 fully saturated rings. The van der Waals surface area contributed by atoms with Crippen molar-refractivity contribution < 1.29 is 9.53 Å². The first-order valence-electron chi connectivity index (χ1n) is 8.57. The van der Waals surface area contributed by atoms with Crippen molar-refractivity contribution in [2.45, 2.75) is 0 Å². The van der Waals surface area contributed by atoms with Gasteiger partial charge in [-0.2, -0.15) is 10.4 Å². The van der Waals surface area contributed by atoms with Crippen LogP contribution in [0.1, 0.15) is 11.1 Å². The zero-order chi connectivity index (χ0) is 21.5. The highest BCUT2D eigenvalue weighted by molar-refractivity contribution is 6.32. The van der Waals surface area contributed by atoms with Gasteiger partial charge in [-0.3, -0.25) is 14.6 Å². The summed E-state index contributed by atoms with van der Waals surface area (Å²) in [5, 5.41) is 13.6. The number of H-pyrrole nitrogens is 1. The maximum atomic E-state index is 12.2. The number of hydrazone groups is 1. The number of amides is 1. The minimum atomic E-state index is -0.611. The topological polar surface area (TPSA) is 146 Å². The molecule has 0 aliphatic rings. The van der Waals surface area contributed by atoms with E-state index in [-0.39, 0.29) is 28.8 Å². The minimum absolute atomic E-state index is 0.0709. The van der Waals surface area contributed by atoms with E-state index in [2.05, 4.69) is 20.5 Å². The fourth-order valence-corrected chi connectivity index (χ4v) is 2.71. The number of benzene rings is 2. The van der Waals surface area contributed by atoms with Gasteiger partial charge in [0.05, 0.1) is 16.9 Å². The van der Waals surface area contributed by atoms with E-state index in [4.69, 9.17) is 22.1 Å². The Balaban J connectivity index is 1.79. The third kappa shape index (κ3) is 5.01. The number of carbonyl (C=O) groups is 1. The maximum absolute atomic E-state index is 12.2. The molecule has 0 bridgehead atoms. The van der Waals surface area contributed by atoms with Crippen molar-refractivity contribution in [1.82, 2.24) is 9.97 Å². The van der Waals surface area contributed by atoms with E-state index < -0.39 is 11.5 Å². The molecule has 0 spiro atoms. The predicted octanol–water partition coefficient (Wildman–Crippen LogP) is 2.27. The largest absolute Gasteiger partial charge is 0.482 e. The average molecular weight is 423 g/mol. The zero-order valence-corrected chi connectivity index (χ0v) is 16.2. The quantitative estimate of drug-likeness (QED) is 0.393. The van der Waals surface area contributed by atoms with E-state index in [0.717, 1.165) is 0 Å². The van der Waals surface area contributed by atoms with Gasteiger partial charge in [0.2, 0.25) is 5.95 Å². The number of nitrogens with zero attached hydrogens (tertiary/aromatic N) is 3. The molecule has 0 radical (unpaired) electrons. The minimum Gasteiger partial charge on any atom is -0.482 e. The number of ether oxygens (including phenoxy) is 1. The molecule has 0 atom stereocenters. The Hall–Kier alpha value is -4.16. The van der Waals surface area contributed by atoms with Gasteiger partial charge in [0.15, 0.2) is 6.61 Å². The molecule has 0 aliphatic heterocycles. The number of nitriles is 1. The Labute approximate surface area is 175 Å². The highest BCUT2D eigenvalue weighted by atomic mass is 35.5. The first-order valence-corrected chi connectivity index (χ1v) is 8.95. The van der Waals surface area contributed by atoms with Crippen LogP contribution >= 0.6 is 11.6 Å². The summed E-state index contributed by atoms with van der Waals surface area (Å²) in [4.78, 5) is 29.8. The van der Waals surface area contributed by atoms with Crippen LogP contribution in [-0.4, -0.2) is 28.7 Å². The number of aromatic amines is 1. The third-order valence-corrected chi connectivity index (χ3v) is 4.08. The van der Waals surface area contributed by atoms with Crippen LogP contribution in [0.15, 0.2) is 58.4 Å². The molecule has 3 rings (SSSR count). The first kappa shape index (κ1) is 20.6. The zero-order valence-electron chi connectivity index (χ0n) is 15.4. The van der Waals surface area contributed by atoms with Crippen molar-refractivity contribution in [3.63, 3.8) is 0 Å². The normalized spacial score (nSPS) is 10.5. The fraction of sp³-hybridized carbons (Fsp3) is 0.0500. The van der Waals surface area contributed by atoms with Crippen molar-refractivity contribution in [2.75, 3.05) is 12.0 Å². The van der Waals surface area contributed by atoms with E-state index in [1.54, 1.807) is 42.5 Å². The van der Waals surface area contributed by atoms with Crippen LogP contribution in [0.4, 0.5) is 5.95 Å². The van der Waals surface area contributed by atoms with Crippen molar-refractivity contribution >= 4 is 29.7 Å². The predicted molar refractivity (Wildman–Crippen MR) is 112 cm³/mol. The molecule has 1 amide bonds.